The molecule has 1 aromatic rings. The van der Waals surface area contributed by atoms with E-state index in [1.165, 1.54) is 4.88 Å². The van der Waals surface area contributed by atoms with Gasteiger partial charge in [-0.25, -0.2) is 4.98 Å². The van der Waals surface area contributed by atoms with Gasteiger partial charge in [0.05, 0.1) is 23.9 Å². The number of hydrogen-bond donors (Lipinski definition) is 2. The highest BCUT2D eigenvalue weighted by atomic mass is 32.1. The highest BCUT2D eigenvalue weighted by molar-refractivity contribution is 7.11. The van der Waals surface area contributed by atoms with E-state index in [1.807, 2.05) is 6.92 Å². The molecule has 5 nitrogen and oxygen atoms in total. The van der Waals surface area contributed by atoms with Crippen LogP contribution in [-0.4, -0.2) is 44.3 Å². The molecular formula is C13H24N4OS. The summed E-state index contributed by atoms with van der Waals surface area (Å²) < 4.78 is 4.99. The molecule has 1 aromatic heterocycles. The van der Waals surface area contributed by atoms with Crippen molar-refractivity contribution in [2.75, 3.05) is 33.4 Å². The van der Waals surface area contributed by atoms with Crippen LogP contribution in [0.15, 0.2) is 4.99 Å². The first-order chi connectivity index (χ1) is 9.17. The average molecular weight is 284 g/mol. The summed E-state index contributed by atoms with van der Waals surface area (Å²) in [6.07, 6.45) is 0.978. The van der Waals surface area contributed by atoms with E-state index < -0.39 is 0 Å². The van der Waals surface area contributed by atoms with Gasteiger partial charge in [-0.15, -0.1) is 11.3 Å². The third kappa shape index (κ3) is 6.02. The van der Waals surface area contributed by atoms with Gasteiger partial charge in [0.25, 0.3) is 0 Å². The Hall–Kier alpha value is -1.14. The number of aryl methyl sites for hydroxylation is 2. The number of ether oxygens (including phenoxy) is 1. The summed E-state index contributed by atoms with van der Waals surface area (Å²) in [4.78, 5) is 10.2. The molecule has 0 bridgehead atoms. The highest BCUT2D eigenvalue weighted by Gasteiger charge is 2.04. The Balaban J connectivity index is 2.39. The lowest BCUT2D eigenvalue weighted by Crippen LogP contribution is -2.38. The maximum atomic E-state index is 4.99. The molecule has 0 fully saturated rings. The fourth-order valence-corrected chi connectivity index (χ4v) is 2.63. The van der Waals surface area contributed by atoms with Gasteiger partial charge in [-0.3, -0.25) is 4.99 Å². The first-order valence-corrected chi connectivity index (χ1v) is 7.43. The van der Waals surface area contributed by atoms with Crippen LogP contribution in [0.25, 0.3) is 0 Å². The number of aliphatic imine (C=N–C) groups is 1. The molecule has 0 saturated heterocycles. The van der Waals surface area contributed by atoms with Crippen molar-refractivity contribution in [2.24, 2.45) is 4.99 Å². The fraction of sp³-hybridized carbons (Fsp3) is 0.692. The molecule has 0 atom stereocenters. The summed E-state index contributed by atoms with van der Waals surface area (Å²) in [6, 6.07) is 0. The van der Waals surface area contributed by atoms with Crippen LogP contribution in [0.1, 0.15) is 22.5 Å². The van der Waals surface area contributed by atoms with Crippen LogP contribution in [0.4, 0.5) is 0 Å². The van der Waals surface area contributed by atoms with E-state index in [-0.39, 0.29) is 0 Å². The van der Waals surface area contributed by atoms with Crippen LogP contribution in [-0.2, 0) is 11.2 Å². The summed E-state index contributed by atoms with van der Waals surface area (Å²) in [7, 11) is 1.69. The number of thiazole rings is 1. The van der Waals surface area contributed by atoms with E-state index >= 15 is 0 Å². The van der Waals surface area contributed by atoms with Crippen molar-refractivity contribution in [1.29, 1.82) is 0 Å². The molecule has 0 aliphatic heterocycles. The second kappa shape index (κ2) is 8.87. The zero-order chi connectivity index (χ0) is 14.1. The predicted octanol–water partition coefficient (Wildman–Crippen LogP) is 1.50. The molecule has 0 unspecified atom stereocenters. The Labute approximate surface area is 119 Å². The minimum atomic E-state index is 0.643. The number of guanidine groups is 1. The lowest BCUT2D eigenvalue weighted by molar-refractivity contribution is 0.208. The highest BCUT2D eigenvalue weighted by Crippen LogP contribution is 2.16. The van der Waals surface area contributed by atoms with E-state index in [1.54, 1.807) is 18.4 Å². The lowest BCUT2D eigenvalue weighted by atomic mass is 10.3. The molecule has 1 heterocycles. The van der Waals surface area contributed by atoms with Crippen molar-refractivity contribution in [1.82, 2.24) is 15.6 Å². The zero-order valence-electron chi connectivity index (χ0n) is 12.2. The minimum Gasteiger partial charge on any atom is -0.383 e. The largest absolute Gasteiger partial charge is 0.383 e. The molecule has 0 spiro atoms. The third-order valence-electron chi connectivity index (χ3n) is 2.55. The fourth-order valence-electron chi connectivity index (χ4n) is 1.69. The Morgan fingerprint density at radius 2 is 2.16 bits per heavy atom. The Bertz CT molecular complexity index is 403. The van der Waals surface area contributed by atoms with Crippen molar-refractivity contribution in [3.05, 3.63) is 15.6 Å². The van der Waals surface area contributed by atoms with E-state index in [2.05, 4.69) is 34.5 Å². The van der Waals surface area contributed by atoms with Crippen molar-refractivity contribution >= 4 is 17.3 Å². The van der Waals surface area contributed by atoms with Gasteiger partial charge in [0.1, 0.15) is 0 Å². The molecule has 0 radical (unpaired) electrons. The molecule has 0 saturated carbocycles. The van der Waals surface area contributed by atoms with Gasteiger partial charge in [-0.05, 0) is 20.8 Å². The maximum absolute atomic E-state index is 4.99. The summed E-state index contributed by atoms with van der Waals surface area (Å²) >= 11 is 1.77. The number of hydrogen-bond acceptors (Lipinski definition) is 4. The van der Waals surface area contributed by atoms with Gasteiger partial charge in [-0.2, -0.15) is 0 Å². The first-order valence-electron chi connectivity index (χ1n) is 6.61. The summed E-state index contributed by atoms with van der Waals surface area (Å²) in [5.74, 6) is 0.846. The SMILES string of the molecule is CCNC(=NCCOC)NCCc1sc(C)nc1C. The predicted molar refractivity (Wildman–Crippen MR) is 81.1 cm³/mol. The van der Waals surface area contributed by atoms with Gasteiger partial charge in [0.15, 0.2) is 5.96 Å². The Morgan fingerprint density at radius 1 is 1.37 bits per heavy atom. The van der Waals surface area contributed by atoms with Gasteiger partial charge in [0, 0.05) is 31.5 Å². The first kappa shape index (κ1) is 15.9. The molecule has 19 heavy (non-hydrogen) atoms. The molecule has 2 N–H and O–H groups in total. The molecule has 0 aromatic carbocycles. The molecular weight excluding hydrogens is 260 g/mol. The maximum Gasteiger partial charge on any atom is 0.191 e. The van der Waals surface area contributed by atoms with E-state index in [0.717, 1.165) is 36.2 Å². The van der Waals surface area contributed by atoms with E-state index in [4.69, 9.17) is 4.74 Å². The zero-order valence-corrected chi connectivity index (χ0v) is 13.1. The van der Waals surface area contributed by atoms with Crippen molar-refractivity contribution in [3.63, 3.8) is 0 Å². The van der Waals surface area contributed by atoms with Crippen LogP contribution in [0.2, 0.25) is 0 Å². The van der Waals surface area contributed by atoms with Crippen LogP contribution in [0.5, 0.6) is 0 Å². The normalized spacial score (nSPS) is 11.7. The molecule has 0 aliphatic rings. The number of nitrogens with one attached hydrogen (secondary N) is 2. The second-order valence-corrected chi connectivity index (χ2v) is 5.46. The number of methoxy groups -OCH3 is 1. The van der Waals surface area contributed by atoms with Crippen molar-refractivity contribution in [3.8, 4) is 0 Å². The minimum absolute atomic E-state index is 0.643. The summed E-state index contributed by atoms with van der Waals surface area (Å²) in [6.45, 7) is 9.21. The van der Waals surface area contributed by atoms with Gasteiger partial charge < -0.3 is 15.4 Å². The number of aromatic nitrogens is 1. The third-order valence-corrected chi connectivity index (χ3v) is 3.69. The summed E-state index contributed by atoms with van der Waals surface area (Å²) in [5.41, 5.74) is 1.14. The van der Waals surface area contributed by atoms with Crippen molar-refractivity contribution < 1.29 is 4.74 Å². The van der Waals surface area contributed by atoms with Gasteiger partial charge in [0.2, 0.25) is 0 Å². The van der Waals surface area contributed by atoms with E-state index in [0.29, 0.717) is 13.2 Å². The molecule has 1 rings (SSSR count). The van der Waals surface area contributed by atoms with Crippen LogP contribution >= 0.6 is 11.3 Å². The van der Waals surface area contributed by atoms with Gasteiger partial charge in [-0.1, -0.05) is 0 Å². The lowest BCUT2D eigenvalue weighted by Gasteiger charge is -2.10. The van der Waals surface area contributed by atoms with Crippen LogP contribution in [0.3, 0.4) is 0 Å². The Morgan fingerprint density at radius 3 is 2.74 bits per heavy atom. The van der Waals surface area contributed by atoms with E-state index in [9.17, 15) is 0 Å². The van der Waals surface area contributed by atoms with Gasteiger partial charge >= 0.3 is 0 Å². The van der Waals surface area contributed by atoms with Crippen molar-refractivity contribution in [2.45, 2.75) is 27.2 Å². The smallest absolute Gasteiger partial charge is 0.191 e. The van der Waals surface area contributed by atoms with Crippen LogP contribution in [0, 0.1) is 13.8 Å². The standard InChI is InChI=1S/C13H24N4OS/c1-5-14-13(16-8-9-18-4)15-7-6-12-10(2)17-11(3)19-12/h5-9H2,1-4H3,(H2,14,15,16). The topological polar surface area (TPSA) is 58.5 Å². The summed E-state index contributed by atoms with van der Waals surface area (Å²) in [5, 5.41) is 7.68. The molecule has 0 amide bonds. The number of nitrogens with zero attached hydrogens (tertiary/aromatic N) is 2. The average Bonchev–Trinajstić information content (AvgIpc) is 2.68. The molecule has 0 aliphatic carbocycles. The monoisotopic (exact) mass is 284 g/mol. The number of rotatable bonds is 7. The van der Waals surface area contributed by atoms with Crippen LogP contribution < -0.4 is 10.6 Å². The quantitative estimate of drug-likeness (QED) is 0.453. The second-order valence-electron chi connectivity index (χ2n) is 4.17. The molecule has 108 valence electrons. The molecule has 6 heteroatoms. The Kier molecular flexibility index (Phi) is 7.43.